The Morgan fingerprint density at radius 1 is 1.21 bits per heavy atom. The monoisotopic (exact) mass is 412 g/mol. The number of methoxy groups -OCH3 is 1. The number of aryl methyl sites for hydroxylation is 1. The third-order valence-corrected chi connectivity index (χ3v) is 4.65. The summed E-state index contributed by atoms with van der Waals surface area (Å²) in [6.07, 6.45) is 0.0505. The van der Waals surface area contributed by atoms with E-state index in [9.17, 15) is 23.2 Å². The number of carbonyl (C=O) groups is 3. The summed E-state index contributed by atoms with van der Waals surface area (Å²) in [5.41, 5.74) is 0.975. The molecule has 2 rings (SSSR count). The van der Waals surface area contributed by atoms with Crippen LogP contribution in [0.5, 0.6) is 0 Å². The van der Waals surface area contributed by atoms with Crippen LogP contribution in [-0.4, -0.2) is 46.7 Å². The van der Waals surface area contributed by atoms with Crippen molar-refractivity contribution in [3.8, 4) is 0 Å². The molecular formula is C18H18F2N2O5S. The zero-order chi connectivity index (χ0) is 21.0. The van der Waals surface area contributed by atoms with Crippen LogP contribution in [0, 0.1) is 13.8 Å². The molecule has 7 nitrogen and oxygen atoms in total. The highest BCUT2D eigenvalue weighted by atomic mass is 32.2. The van der Waals surface area contributed by atoms with Crippen molar-refractivity contribution in [3.63, 3.8) is 0 Å². The van der Waals surface area contributed by atoms with Gasteiger partial charge in [0, 0.05) is 11.9 Å². The Labute approximate surface area is 163 Å². The van der Waals surface area contributed by atoms with E-state index in [1.54, 1.807) is 13.8 Å². The minimum atomic E-state index is -2.76. The second kappa shape index (κ2) is 8.96. The van der Waals surface area contributed by atoms with E-state index in [0.717, 1.165) is 0 Å². The van der Waals surface area contributed by atoms with Crippen molar-refractivity contribution in [1.29, 1.82) is 0 Å². The fraction of sp³-hybridized carbons (Fsp3) is 0.333. The molecule has 10 heteroatoms. The van der Waals surface area contributed by atoms with Gasteiger partial charge in [-0.15, -0.1) is 0 Å². The number of H-pyrrole nitrogens is 1. The van der Waals surface area contributed by atoms with Crippen LogP contribution in [0.1, 0.15) is 49.4 Å². The van der Waals surface area contributed by atoms with E-state index in [0.29, 0.717) is 11.3 Å². The predicted molar refractivity (Wildman–Crippen MR) is 96.9 cm³/mol. The average Bonchev–Trinajstić information content (AvgIpc) is 2.94. The Morgan fingerprint density at radius 3 is 2.50 bits per heavy atom. The predicted octanol–water partition coefficient (Wildman–Crippen LogP) is 3.56. The molecule has 0 fully saturated rings. The molecule has 1 N–H and O–H groups in total. The molecule has 2 aromatic heterocycles. The van der Waals surface area contributed by atoms with Crippen molar-refractivity contribution < 1.29 is 32.6 Å². The molecule has 0 aliphatic heterocycles. The number of ketones is 1. The molecule has 0 aromatic carbocycles. The smallest absolute Gasteiger partial charge is 0.341 e. The quantitative estimate of drug-likeness (QED) is 0.422. The number of alkyl halides is 2. The maximum Gasteiger partial charge on any atom is 0.341 e. The number of thioether (sulfide) groups is 1. The Bertz CT molecular complexity index is 913. The van der Waals surface area contributed by atoms with Crippen LogP contribution in [0.15, 0.2) is 23.4 Å². The first-order valence-electron chi connectivity index (χ1n) is 8.09. The SMILES string of the molecule is COC(=O)c1c(C)[nH]c(C(=O)[C@@H](C)OC(=O)c2cccnc2SC(F)F)c1C. The summed E-state index contributed by atoms with van der Waals surface area (Å²) in [6, 6.07) is 2.69. The van der Waals surface area contributed by atoms with Gasteiger partial charge in [-0.2, -0.15) is 8.78 Å². The van der Waals surface area contributed by atoms with Gasteiger partial charge in [0.2, 0.25) is 5.78 Å². The molecule has 2 aromatic rings. The normalized spacial score (nSPS) is 12.0. The number of rotatable bonds is 7. The van der Waals surface area contributed by atoms with Gasteiger partial charge in [-0.25, -0.2) is 14.6 Å². The zero-order valence-electron chi connectivity index (χ0n) is 15.5. The van der Waals surface area contributed by atoms with Crippen molar-refractivity contribution in [1.82, 2.24) is 9.97 Å². The van der Waals surface area contributed by atoms with Crippen LogP contribution >= 0.6 is 11.8 Å². The van der Waals surface area contributed by atoms with E-state index in [2.05, 4.69) is 9.97 Å². The molecular weight excluding hydrogens is 394 g/mol. The van der Waals surface area contributed by atoms with Gasteiger partial charge in [0.1, 0.15) is 5.03 Å². The van der Waals surface area contributed by atoms with Crippen LogP contribution in [0.3, 0.4) is 0 Å². The van der Waals surface area contributed by atoms with Crippen molar-refractivity contribution in [2.45, 2.75) is 37.7 Å². The molecule has 0 aliphatic carbocycles. The summed E-state index contributed by atoms with van der Waals surface area (Å²) in [4.78, 5) is 43.4. The van der Waals surface area contributed by atoms with Crippen LogP contribution < -0.4 is 0 Å². The Balaban J connectivity index is 2.22. The third kappa shape index (κ3) is 4.56. The highest BCUT2D eigenvalue weighted by molar-refractivity contribution is 7.99. The summed E-state index contributed by atoms with van der Waals surface area (Å²) in [7, 11) is 1.23. The largest absolute Gasteiger partial charge is 0.465 e. The summed E-state index contributed by atoms with van der Waals surface area (Å²) in [6.45, 7) is 4.52. The number of aromatic nitrogens is 2. The molecule has 0 radical (unpaired) electrons. The average molecular weight is 412 g/mol. The number of hydrogen-bond donors (Lipinski definition) is 1. The van der Waals surface area contributed by atoms with E-state index in [1.807, 2.05) is 0 Å². The van der Waals surface area contributed by atoms with E-state index < -0.39 is 29.6 Å². The minimum absolute atomic E-state index is 0.103. The number of halogens is 2. The Hall–Kier alpha value is -2.75. The Kier molecular flexibility index (Phi) is 6.90. The van der Waals surface area contributed by atoms with Crippen molar-refractivity contribution >= 4 is 29.5 Å². The van der Waals surface area contributed by atoms with E-state index in [-0.39, 0.29) is 33.6 Å². The zero-order valence-corrected chi connectivity index (χ0v) is 16.4. The van der Waals surface area contributed by atoms with Gasteiger partial charge in [-0.3, -0.25) is 4.79 Å². The van der Waals surface area contributed by atoms with E-state index >= 15 is 0 Å². The number of nitrogens with one attached hydrogen (secondary N) is 1. The summed E-state index contributed by atoms with van der Waals surface area (Å²) >= 11 is 0.111. The number of esters is 2. The van der Waals surface area contributed by atoms with Gasteiger partial charge in [0.25, 0.3) is 5.76 Å². The fourth-order valence-corrected chi connectivity index (χ4v) is 3.18. The van der Waals surface area contributed by atoms with Gasteiger partial charge in [0.15, 0.2) is 6.10 Å². The maximum atomic E-state index is 12.7. The van der Waals surface area contributed by atoms with Gasteiger partial charge in [-0.1, -0.05) is 0 Å². The van der Waals surface area contributed by atoms with E-state index in [1.165, 1.54) is 32.4 Å². The van der Waals surface area contributed by atoms with Gasteiger partial charge < -0.3 is 14.5 Å². The highest BCUT2D eigenvalue weighted by Crippen LogP contribution is 2.27. The van der Waals surface area contributed by atoms with Crippen LogP contribution in [0.25, 0.3) is 0 Å². The number of aromatic amines is 1. The lowest BCUT2D eigenvalue weighted by molar-refractivity contribution is 0.0312. The van der Waals surface area contributed by atoms with Crippen LogP contribution in [0.4, 0.5) is 8.78 Å². The molecule has 0 unspecified atom stereocenters. The molecule has 0 saturated heterocycles. The number of nitrogens with zero attached hydrogens (tertiary/aromatic N) is 1. The molecule has 0 amide bonds. The lowest BCUT2D eigenvalue weighted by atomic mass is 10.1. The standard InChI is InChI=1S/C18H18F2N2O5S/c1-8-12(17(25)26-4)9(2)22-13(8)14(23)10(3)27-16(24)11-6-5-7-21-15(11)28-18(19)20/h5-7,10,18,22H,1-4H3/t10-/m1/s1. The fourth-order valence-electron chi connectivity index (χ4n) is 2.61. The third-order valence-electron chi connectivity index (χ3n) is 3.92. The van der Waals surface area contributed by atoms with Crippen LogP contribution in [-0.2, 0) is 9.47 Å². The first kappa shape index (κ1) is 21.5. The summed E-state index contributed by atoms with van der Waals surface area (Å²) in [5, 5.41) is -0.193. The van der Waals surface area contributed by atoms with Crippen LogP contribution in [0.2, 0.25) is 0 Å². The molecule has 150 valence electrons. The number of pyridine rings is 1. The first-order valence-corrected chi connectivity index (χ1v) is 8.97. The Morgan fingerprint density at radius 2 is 1.89 bits per heavy atom. The van der Waals surface area contributed by atoms with Crippen molar-refractivity contribution in [2.75, 3.05) is 7.11 Å². The second-order valence-electron chi connectivity index (χ2n) is 5.76. The minimum Gasteiger partial charge on any atom is -0.465 e. The number of carbonyl (C=O) groups excluding carboxylic acids is 3. The highest BCUT2D eigenvalue weighted by Gasteiger charge is 2.28. The van der Waals surface area contributed by atoms with E-state index in [4.69, 9.17) is 9.47 Å². The molecule has 1 atom stereocenters. The number of hydrogen-bond acceptors (Lipinski definition) is 7. The summed E-state index contributed by atoms with van der Waals surface area (Å²) in [5.74, 6) is -4.89. The molecule has 0 saturated carbocycles. The summed E-state index contributed by atoms with van der Waals surface area (Å²) < 4.78 is 35.1. The molecule has 0 aliphatic rings. The van der Waals surface area contributed by atoms with Crippen molar-refractivity contribution in [2.24, 2.45) is 0 Å². The van der Waals surface area contributed by atoms with Gasteiger partial charge in [-0.05, 0) is 50.2 Å². The molecule has 0 bridgehead atoms. The lowest BCUT2D eigenvalue weighted by Crippen LogP contribution is -2.25. The second-order valence-corrected chi connectivity index (χ2v) is 6.74. The number of ether oxygens (including phenoxy) is 2. The molecule has 2 heterocycles. The van der Waals surface area contributed by atoms with Gasteiger partial charge >= 0.3 is 11.9 Å². The van der Waals surface area contributed by atoms with Crippen molar-refractivity contribution in [3.05, 3.63) is 46.4 Å². The van der Waals surface area contributed by atoms with Gasteiger partial charge in [0.05, 0.1) is 23.9 Å². The lowest BCUT2D eigenvalue weighted by Gasteiger charge is -2.13. The molecule has 28 heavy (non-hydrogen) atoms. The molecule has 0 spiro atoms. The first-order chi connectivity index (χ1) is 13.2. The maximum absolute atomic E-state index is 12.7. The topological polar surface area (TPSA) is 98.4 Å². The number of Topliss-reactive ketones (excluding diaryl/α,β-unsaturated/α-hetero) is 1.